The molecule has 1 unspecified atom stereocenters. The monoisotopic (exact) mass is 453 g/mol. The second-order valence-electron chi connectivity index (χ2n) is 8.52. The van der Waals surface area contributed by atoms with Crippen LogP contribution in [0.5, 0.6) is 5.75 Å². The summed E-state index contributed by atoms with van der Waals surface area (Å²) < 4.78 is 6.79. The molecule has 1 aliphatic rings. The average molecular weight is 454 g/mol. The van der Waals surface area contributed by atoms with Gasteiger partial charge in [0.2, 0.25) is 0 Å². The Balaban J connectivity index is 1.33. The first kappa shape index (κ1) is 21.8. The summed E-state index contributed by atoms with van der Waals surface area (Å²) in [7, 11) is 1.64. The van der Waals surface area contributed by atoms with E-state index in [4.69, 9.17) is 4.74 Å². The van der Waals surface area contributed by atoms with Gasteiger partial charge in [0.1, 0.15) is 11.4 Å². The van der Waals surface area contributed by atoms with E-state index in [-0.39, 0.29) is 12.1 Å². The number of likely N-dealkylation sites (tertiary alicyclic amines) is 1. The molecule has 5 rings (SSSR count). The van der Waals surface area contributed by atoms with E-state index in [1.54, 1.807) is 25.7 Å². The van der Waals surface area contributed by atoms with E-state index in [9.17, 15) is 4.79 Å². The third-order valence-corrected chi connectivity index (χ3v) is 6.37. The first-order valence-corrected chi connectivity index (χ1v) is 11.6. The Bertz CT molecular complexity index is 1250. The molecule has 7 nitrogen and oxygen atoms in total. The highest BCUT2D eigenvalue weighted by Crippen LogP contribution is 2.30. The normalized spacial score (nSPS) is 15.8. The van der Waals surface area contributed by atoms with E-state index in [0.29, 0.717) is 5.69 Å². The van der Waals surface area contributed by atoms with Crippen LogP contribution in [0.3, 0.4) is 0 Å². The molecule has 7 heteroatoms. The number of hydrogen-bond donors (Lipinski definition) is 0. The molecule has 2 aromatic carbocycles. The number of hydrogen-bond acceptors (Lipinski definition) is 5. The Kier molecular flexibility index (Phi) is 6.33. The highest BCUT2D eigenvalue weighted by atomic mass is 16.5. The molecule has 3 heterocycles. The molecule has 1 aliphatic heterocycles. The molecule has 1 fully saturated rings. The zero-order valence-electron chi connectivity index (χ0n) is 19.2. The van der Waals surface area contributed by atoms with E-state index >= 15 is 0 Å². The number of nitrogens with zero attached hydrogens (tertiary/aromatic N) is 5. The summed E-state index contributed by atoms with van der Waals surface area (Å²) in [4.78, 5) is 19.4. The lowest BCUT2D eigenvalue weighted by atomic mass is 9.96. The number of piperidine rings is 1. The second kappa shape index (κ2) is 9.87. The maximum absolute atomic E-state index is 13.3. The molecule has 0 saturated carbocycles. The van der Waals surface area contributed by atoms with Crippen LogP contribution in [0.25, 0.3) is 22.4 Å². The van der Waals surface area contributed by atoms with Gasteiger partial charge < -0.3 is 9.64 Å². The fourth-order valence-electron chi connectivity index (χ4n) is 4.57. The lowest BCUT2D eigenvalue weighted by molar-refractivity contribution is 0.149. The highest BCUT2D eigenvalue weighted by molar-refractivity contribution is 5.78. The molecule has 172 valence electrons. The molecule has 0 N–H and O–H groups in total. The topological polar surface area (TPSA) is 73.1 Å². The van der Waals surface area contributed by atoms with Crippen molar-refractivity contribution in [3.05, 3.63) is 84.8 Å². The van der Waals surface area contributed by atoms with Crippen LogP contribution >= 0.6 is 0 Å². The Hall–Kier alpha value is -4.00. The summed E-state index contributed by atoms with van der Waals surface area (Å²) in [5.74, 6) is 0.721. The predicted molar refractivity (Wildman–Crippen MR) is 131 cm³/mol. The molecular weight excluding hydrogens is 426 g/mol. The number of methoxy groups -OCH3 is 1. The van der Waals surface area contributed by atoms with Gasteiger partial charge in [0.25, 0.3) is 0 Å². The molecule has 0 radical (unpaired) electrons. The summed E-state index contributed by atoms with van der Waals surface area (Å²) in [6.07, 6.45) is 9.17. The van der Waals surface area contributed by atoms with Gasteiger partial charge in [-0.1, -0.05) is 59.8 Å². The minimum Gasteiger partial charge on any atom is -0.494 e. The van der Waals surface area contributed by atoms with Gasteiger partial charge in [0.15, 0.2) is 0 Å². The van der Waals surface area contributed by atoms with Crippen molar-refractivity contribution in [1.82, 2.24) is 24.9 Å². The third kappa shape index (κ3) is 4.55. The van der Waals surface area contributed by atoms with E-state index in [1.807, 2.05) is 53.4 Å². The van der Waals surface area contributed by atoms with Crippen LogP contribution in [0, 0.1) is 0 Å². The largest absolute Gasteiger partial charge is 0.494 e. The number of amides is 1. The Labute approximate surface area is 199 Å². The van der Waals surface area contributed by atoms with Crippen LogP contribution in [0.15, 0.2) is 79.3 Å². The summed E-state index contributed by atoms with van der Waals surface area (Å²) in [6, 6.07) is 20.3. The highest BCUT2D eigenvalue weighted by Gasteiger charge is 2.28. The minimum atomic E-state index is -0.113. The van der Waals surface area contributed by atoms with Gasteiger partial charge in [-0.2, -0.15) is 4.68 Å². The fourth-order valence-corrected chi connectivity index (χ4v) is 4.57. The number of benzene rings is 2. The van der Waals surface area contributed by atoms with Crippen LogP contribution in [-0.4, -0.2) is 50.6 Å². The van der Waals surface area contributed by atoms with Crippen molar-refractivity contribution in [2.45, 2.75) is 31.7 Å². The summed E-state index contributed by atoms with van der Waals surface area (Å²) in [5.41, 5.74) is 4.80. The zero-order valence-corrected chi connectivity index (χ0v) is 19.2. The summed E-state index contributed by atoms with van der Waals surface area (Å²) in [5, 5.41) is 8.44. The van der Waals surface area contributed by atoms with Crippen molar-refractivity contribution in [2.75, 3.05) is 13.7 Å². The van der Waals surface area contributed by atoms with E-state index in [1.165, 1.54) is 10.2 Å². The van der Waals surface area contributed by atoms with E-state index < -0.39 is 0 Å². The van der Waals surface area contributed by atoms with E-state index in [2.05, 4.69) is 27.4 Å². The average Bonchev–Trinajstić information content (AvgIpc) is 3.40. The maximum atomic E-state index is 13.3. The summed E-state index contributed by atoms with van der Waals surface area (Å²) >= 11 is 0. The quantitative estimate of drug-likeness (QED) is 0.421. The van der Waals surface area contributed by atoms with Gasteiger partial charge in [0, 0.05) is 29.9 Å². The van der Waals surface area contributed by atoms with Crippen LogP contribution in [0.2, 0.25) is 0 Å². The molecule has 1 atom stereocenters. The molecule has 0 bridgehead atoms. The van der Waals surface area contributed by atoms with Crippen molar-refractivity contribution < 1.29 is 9.53 Å². The standard InChI is InChI=1S/C27H27N5O2/c1-34-26-18-28-15-14-24(26)21-10-12-22(13-11-21)25-19-32(30-29-25)27(33)31-16-6-5-9-23(31)17-20-7-3-2-4-8-20/h2-4,7-8,10-15,18-19,23H,5-6,9,16-17H2,1H3. The number of carbonyl (C=O) groups is 1. The molecule has 0 aliphatic carbocycles. The fraction of sp³-hybridized carbons (Fsp3) is 0.259. The van der Waals surface area contributed by atoms with Gasteiger partial charge >= 0.3 is 6.03 Å². The van der Waals surface area contributed by atoms with Crippen molar-refractivity contribution in [1.29, 1.82) is 0 Å². The van der Waals surface area contributed by atoms with Gasteiger partial charge in [0.05, 0.1) is 19.5 Å². The zero-order chi connectivity index (χ0) is 23.3. The first-order valence-electron chi connectivity index (χ1n) is 11.6. The molecule has 1 saturated heterocycles. The molecule has 4 aromatic rings. The molecular formula is C27H27N5O2. The lowest BCUT2D eigenvalue weighted by Gasteiger charge is -2.35. The number of ether oxygens (including phenoxy) is 1. The third-order valence-electron chi connectivity index (χ3n) is 6.37. The number of carbonyl (C=O) groups excluding carboxylic acids is 1. The Morgan fingerprint density at radius 3 is 2.62 bits per heavy atom. The van der Waals surface area contributed by atoms with Crippen LogP contribution in [-0.2, 0) is 6.42 Å². The van der Waals surface area contributed by atoms with Gasteiger partial charge in [-0.25, -0.2) is 4.79 Å². The minimum absolute atomic E-state index is 0.113. The van der Waals surface area contributed by atoms with Crippen molar-refractivity contribution >= 4 is 6.03 Å². The van der Waals surface area contributed by atoms with Gasteiger partial charge in [-0.15, -0.1) is 5.10 Å². The Morgan fingerprint density at radius 1 is 1.03 bits per heavy atom. The number of rotatable bonds is 5. The molecule has 2 aromatic heterocycles. The SMILES string of the molecule is COc1cnccc1-c1ccc(-c2cn(C(=O)N3CCCCC3Cc3ccccc3)nn2)cc1. The van der Waals surface area contributed by atoms with Gasteiger partial charge in [-0.3, -0.25) is 4.98 Å². The Morgan fingerprint density at radius 2 is 1.82 bits per heavy atom. The summed E-state index contributed by atoms with van der Waals surface area (Å²) in [6.45, 7) is 0.744. The number of aromatic nitrogens is 4. The van der Waals surface area contributed by atoms with Crippen LogP contribution in [0.1, 0.15) is 24.8 Å². The van der Waals surface area contributed by atoms with Crippen LogP contribution < -0.4 is 4.74 Å². The van der Waals surface area contributed by atoms with Gasteiger partial charge in [-0.05, 0) is 42.9 Å². The lowest BCUT2D eigenvalue weighted by Crippen LogP contribution is -2.46. The first-order chi connectivity index (χ1) is 16.7. The molecule has 34 heavy (non-hydrogen) atoms. The van der Waals surface area contributed by atoms with Crippen molar-refractivity contribution in [3.8, 4) is 28.1 Å². The smallest absolute Gasteiger partial charge is 0.346 e. The van der Waals surface area contributed by atoms with Crippen molar-refractivity contribution in [3.63, 3.8) is 0 Å². The van der Waals surface area contributed by atoms with E-state index in [0.717, 1.165) is 54.7 Å². The molecule has 0 spiro atoms. The van der Waals surface area contributed by atoms with Crippen LogP contribution in [0.4, 0.5) is 4.79 Å². The number of pyridine rings is 1. The second-order valence-corrected chi connectivity index (χ2v) is 8.52. The molecule has 1 amide bonds. The maximum Gasteiger partial charge on any atom is 0.346 e. The predicted octanol–water partition coefficient (Wildman–Crippen LogP) is 5.08. The van der Waals surface area contributed by atoms with Crippen molar-refractivity contribution in [2.24, 2.45) is 0 Å².